The summed E-state index contributed by atoms with van der Waals surface area (Å²) in [7, 11) is 0. The number of amides is 2. The highest BCUT2D eigenvalue weighted by Crippen LogP contribution is 2.30. The molecule has 0 radical (unpaired) electrons. The molecule has 26 heavy (non-hydrogen) atoms. The number of carbonyl (C=O) groups excluding carboxylic acids is 2. The van der Waals surface area contributed by atoms with E-state index < -0.39 is 11.5 Å². The van der Waals surface area contributed by atoms with Gasteiger partial charge in [0.15, 0.2) is 5.13 Å². The van der Waals surface area contributed by atoms with E-state index in [0.717, 1.165) is 10.6 Å². The predicted octanol–water partition coefficient (Wildman–Crippen LogP) is 3.39. The normalized spacial score (nSPS) is 13.9. The highest BCUT2D eigenvalue weighted by Gasteiger charge is 2.28. The lowest BCUT2D eigenvalue weighted by atomic mass is 10.2. The van der Waals surface area contributed by atoms with Crippen molar-refractivity contribution in [2.24, 2.45) is 0 Å². The van der Waals surface area contributed by atoms with Crippen LogP contribution in [0.1, 0.15) is 41.7 Å². The second kappa shape index (κ2) is 6.95. The number of hydrogen-bond acceptors (Lipinski definition) is 6. The first-order valence-electron chi connectivity index (χ1n) is 8.29. The molecule has 2 amide bonds. The van der Waals surface area contributed by atoms with Gasteiger partial charge in [-0.3, -0.25) is 10.1 Å². The van der Waals surface area contributed by atoms with Crippen molar-refractivity contribution in [2.45, 2.75) is 39.3 Å². The number of rotatable bonds is 2. The Morgan fingerprint density at radius 3 is 2.73 bits per heavy atom. The summed E-state index contributed by atoms with van der Waals surface area (Å²) in [6.07, 6.45) is 0.258. The van der Waals surface area contributed by atoms with E-state index in [9.17, 15) is 14.7 Å². The second-order valence-electron chi connectivity index (χ2n) is 7.01. The van der Waals surface area contributed by atoms with Gasteiger partial charge in [-0.2, -0.15) is 0 Å². The molecular weight excluding hydrogens is 354 g/mol. The molecule has 1 aliphatic rings. The van der Waals surface area contributed by atoms with E-state index in [0.29, 0.717) is 24.6 Å². The lowest BCUT2D eigenvalue weighted by Crippen LogP contribution is -2.39. The molecule has 0 aliphatic carbocycles. The molecule has 2 heterocycles. The Balaban J connectivity index is 1.69. The fourth-order valence-corrected chi connectivity index (χ4v) is 3.58. The highest BCUT2D eigenvalue weighted by molar-refractivity contribution is 7.15. The van der Waals surface area contributed by atoms with Crippen LogP contribution in [0.2, 0.25) is 0 Å². The highest BCUT2D eigenvalue weighted by atomic mass is 32.1. The zero-order valence-corrected chi connectivity index (χ0v) is 15.7. The minimum absolute atomic E-state index is 0.0811. The van der Waals surface area contributed by atoms with Crippen molar-refractivity contribution in [1.29, 1.82) is 0 Å². The second-order valence-corrected chi connectivity index (χ2v) is 8.10. The van der Waals surface area contributed by atoms with Crippen LogP contribution in [0.5, 0.6) is 5.75 Å². The summed E-state index contributed by atoms with van der Waals surface area (Å²) in [4.78, 5) is 31.5. The zero-order chi connectivity index (χ0) is 18.9. The number of aromatic nitrogens is 1. The first-order chi connectivity index (χ1) is 12.2. The van der Waals surface area contributed by atoms with E-state index >= 15 is 0 Å². The van der Waals surface area contributed by atoms with Crippen LogP contribution in [0.3, 0.4) is 0 Å². The standard InChI is InChI=1S/C18H21N3O4S/c1-18(2,3)25-17(24)21-9-8-12-14(10-21)26-16(19-12)20-15(23)11-6-4-5-7-13(11)22/h4-7,22H,8-10H2,1-3H3,(H,19,20,23). The number of anilines is 1. The number of hydrogen-bond donors (Lipinski definition) is 2. The molecule has 0 unspecified atom stereocenters. The quantitative estimate of drug-likeness (QED) is 0.839. The van der Waals surface area contributed by atoms with Crippen LogP contribution in [0.4, 0.5) is 9.93 Å². The Kier molecular flexibility index (Phi) is 4.86. The number of ether oxygens (including phenoxy) is 1. The first kappa shape index (κ1) is 18.2. The molecular formula is C18H21N3O4S. The molecule has 1 aromatic carbocycles. The van der Waals surface area contributed by atoms with Crippen LogP contribution in [0.25, 0.3) is 0 Å². The number of nitrogens with one attached hydrogen (secondary N) is 1. The number of carbonyl (C=O) groups is 2. The lowest BCUT2D eigenvalue weighted by Gasteiger charge is -2.29. The van der Waals surface area contributed by atoms with Crippen LogP contribution in [0, 0.1) is 0 Å². The average Bonchev–Trinajstić information content (AvgIpc) is 2.94. The smallest absolute Gasteiger partial charge is 0.410 e. The Bertz CT molecular complexity index is 841. The molecule has 0 fully saturated rings. The van der Waals surface area contributed by atoms with Crippen molar-refractivity contribution in [2.75, 3.05) is 11.9 Å². The number of nitrogens with zero attached hydrogens (tertiary/aromatic N) is 2. The Hall–Kier alpha value is -2.61. The summed E-state index contributed by atoms with van der Waals surface area (Å²) < 4.78 is 5.41. The van der Waals surface area contributed by atoms with Crippen LogP contribution in [0.15, 0.2) is 24.3 Å². The van der Waals surface area contributed by atoms with Crippen molar-refractivity contribution in [3.63, 3.8) is 0 Å². The first-order valence-corrected chi connectivity index (χ1v) is 9.10. The van der Waals surface area contributed by atoms with Gasteiger partial charge in [0.05, 0.1) is 17.8 Å². The maximum Gasteiger partial charge on any atom is 0.410 e. The largest absolute Gasteiger partial charge is 0.507 e. The number of fused-ring (bicyclic) bond motifs is 1. The van der Waals surface area contributed by atoms with Gasteiger partial charge < -0.3 is 14.7 Å². The van der Waals surface area contributed by atoms with Crippen molar-refractivity contribution >= 4 is 28.5 Å². The van der Waals surface area contributed by atoms with Gasteiger partial charge in [0.1, 0.15) is 11.4 Å². The molecule has 2 aromatic rings. The maximum atomic E-state index is 12.3. The van der Waals surface area contributed by atoms with Crippen molar-refractivity contribution < 1.29 is 19.4 Å². The van der Waals surface area contributed by atoms with Gasteiger partial charge in [0, 0.05) is 17.8 Å². The van der Waals surface area contributed by atoms with Gasteiger partial charge in [-0.1, -0.05) is 23.5 Å². The SMILES string of the molecule is CC(C)(C)OC(=O)N1CCc2nc(NC(=O)c3ccccc3O)sc2C1. The van der Waals surface area contributed by atoms with Crippen molar-refractivity contribution in [3.05, 3.63) is 40.4 Å². The predicted molar refractivity (Wildman–Crippen MR) is 98.5 cm³/mol. The molecule has 0 saturated heterocycles. The maximum absolute atomic E-state index is 12.3. The number of phenolic OH excluding ortho intramolecular Hbond substituents is 1. The van der Waals surface area contributed by atoms with Gasteiger partial charge in [-0.15, -0.1) is 0 Å². The third-order valence-electron chi connectivity index (χ3n) is 3.75. The summed E-state index contributed by atoms with van der Waals surface area (Å²) in [5.74, 6) is -0.499. The molecule has 0 bridgehead atoms. The van der Waals surface area contributed by atoms with Crippen molar-refractivity contribution in [1.82, 2.24) is 9.88 Å². The number of benzene rings is 1. The third-order valence-corrected chi connectivity index (χ3v) is 4.75. The molecule has 138 valence electrons. The van der Waals surface area contributed by atoms with Gasteiger partial charge >= 0.3 is 6.09 Å². The van der Waals surface area contributed by atoms with Gasteiger partial charge in [0.2, 0.25) is 0 Å². The summed E-state index contributed by atoms with van der Waals surface area (Å²) >= 11 is 1.33. The van der Waals surface area contributed by atoms with Gasteiger partial charge in [-0.05, 0) is 32.9 Å². The Morgan fingerprint density at radius 1 is 1.31 bits per heavy atom. The lowest BCUT2D eigenvalue weighted by molar-refractivity contribution is 0.0225. The number of aromatic hydroxyl groups is 1. The van der Waals surface area contributed by atoms with E-state index in [4.69, 9.17) is 4.74 Å². The summed E-state index contributed by atoms with van der Waals surface area (Å²) in [6, 6.07) is 6.34. The zero-order valence-electron chi connectivity index (χ0n) is 14.9. The van der Waals surface area contributed by atoms with Crippen molar-refractivity contribution in [3.8, 4) is 5.75 Å². The van der Waals surface area contributed by atoms with Crippen LogP contribution in [-0.4, -0.2) is 39.1 Å². The van der Waals surface area contributed by atoms with Gasteiger partial charge in [0.25, 0.3) is 5.91 Å². The molecule has 8 heteroatoms. The van der Waals surface area contributed by atoms with Crippen LogP contribution < -0.4 is 5.32 Å². The molecule has 2 N–H and O–H groups in total. The van der Waals surface area contributed by atoms with Gasteiger partial charge in [-0.25, -0.2) is 9.78 Å². The van der Waals surface area contributed by atoms with E-state index in [-0.39, 0.29) is 17.4 Å². The number of phenols is 1. The van der Waals surface area contributed by atoms with Crippen LogP contribution in [-0.2, 0) is 17.7 Å². The monoisotopic (exact) mass is 375 g/mol. The third kappa shape index (κ3) is 4.13. The van der Waals surface area contributed by atoms with Crippen LogP contribution >= 0.6 is 11.3 Å². The summed E-state index contributed by atoms with van der Waals surface area (Å²) in [5.41, 5.74) is 0.528. The molecule has 1 aromatic heterocycles. The fourth-order valence-electron chi connectivity index (χ4n) is 2.56. The Labute approximate surface area is 155 Å². The van der Waals surface area contributed by atoms with E-state index in [1.165, 1.54) is 17.4 Å². The fraction of sp³-hybridized carbons (Fsp3) is 0.389. The topological polar surface area (TPSA) is 91.8 Å². The molecule has 7 nitrogen and oxygen atoms in total. The summed E-state index contributed by atoms with van der Waals surface area (Å²) in [6.45, 7) is 6.44. The molecule has 3 rings (SSSR count). The minimum atomic E-state index is -0.540. The minimum Gasteiger partial charge on any atom is -0.507 e. The molecule has 0 spiro atoms. The number of para-hydroxylation sites is 1. The average molecular weight is 375 g/mol. The van der Waals surface area contributed by atoms with E-state index in [2.05, 4.69) is 10.3 Å². The Morgan fingerprint density at radius 2 is 2.04 bits per heavy atom. The van der Waals surface area contributed by atoms with E-state index in [1.807, 2.05) is 20.8 Å². The summed E-state index contributed by atoms with van der Waals surface area (Å²) in [5, 5.41) is 12.9. The molecule has 1 aliphatic heterocycles. The molecule has 0 atom stereocenters. The molecule has 0 saturated carbocycles. The van der Waals surface area contributed by atoms with E-state index in [1.54, 1.807) is 23.1 Å². The number of thiazole rings is 1.